The molecule has 2 saturated carbocycles. The highest BCUT2D eigenvalue weighted by molar-refractivity contribution is 5.44. The highest BCUT2D eigenvalue weighted by Gasteiger charge is 2.47. The first-order chi connectivity index (χ1) is 9.18. The highest BCUT2D eigenvalue weighted by Crippen LogP contribution is 2.44. The zero-order valence-corrected chi connectivity index (χ0v) is 11.2. The molecule has 2 fully saturated rings. The number of hydrogen-bond donors (Lipinski definition) is 2. The van der Waals surface area contributed by atoms with E-state index in [9.17, 15) is 9.50 Å². The molecule has 0 unspecified atom stereocenters. The van der Waals surface area contributed by atoms with Crippen LogP contribution >= 0.6 is 0 Å². The first kappa shape index (κ1) is 12.9. The number of nitrogens with one attached hydrogen (secondary N) is 1. The molecule has 0 amide bonds. The van der Waals surface area contributed by atoms with E-state index in [0.717, 1.165) is 37.8 Å². The molecule has 104 valence electrons. The molecule has 0 aliphatic heterocycles. The quantitative estimate of drug-likeness (QED) is 0.852. The van der Waals surface area contributed by atoms with E-state index in [-0.39, 0.29) is 11.9 Å². The Hall–Kier alpha value is -1.09. The van der Waals surface area contributed by atoms with E-state index >= 15 is 0 Å². The second kappa shape index (κ2) is 5.12. The van der Waals surface area contributed by atoms with Crippen LogP contribution in [0.3, 0.4) is 0 Å². The molecule has 0 aromatic heterocycles. The van der Waals surface area contributed by atoms with Crippen LogP contribution in [-0.4, -0.2) is 16.7 Å². The van der Waals surface area contributed by atoms with E-state index in [1.165, 1.54) is 25.0 Å². The van der Waals surface area contributed by atoms with Crippen LogP contribution in [0.15, 0.2) is 24.3 Å². The molecule has 2 nitrogen and oxygen atoms in total. The Morgan fingerprint density at radius 3 is 2.58 bits per heavy atom. The molecule has 1 aromatic carbocycles. The van der Waals surface area contributed by atoms with Crippen molar-refractivity contribution in [3.63, 3.8) is 0 Å². The lowest BCUT2D eigenvalue weighted by atomic mass is 9.65. The van der Waals surface area contributed by atoms with Crippen molar-refractivity contribution in [2.75, 3.05) is 5.32 Å². The summed E-state index contributed by atoms with van der Waals surface area (Å²) in [7, 11) is 0. The van der Waals surface area contributed by atoms with Gasteiger partial charge < -0.3 is 10.4 Å². The molecular weight excluding hydrogens is 241 g/mol. The fraction of sp³-hybridized carbons (Fsp3) is 0.625. The first-order valence-electron chi connectivity index (χ1n) is 7.43. The predicted octanol–water partition coefficient (Wildman–Crippen LogP) is 3.71. The van der Waals surface area contributed by atoms with Crippen molar-refractivity contribution in [2.24, 2.45) is 5.92 Å². The standard InChI is InChI=1S/C16H22FNO/c17-13-7-9-14(10-8-13)18-15-6-3-5-12-4-1-2-11-16(12,15)19/h7-10,12,15,18-19H,1-6,11H2/t12-,15+,16-/m1/s1. The van der Waals surface area contributed by atoms with Crippen LogP contribution in [0.1, 0.15) is 44.9 Å². The van der Waals surface area contributed by atoms with Gasteiger partial charge in [0.25, 0.3) is 0 Å². The van der Waals surface area contributed by atoms with Crippen molar-refractivity contribution in [3.8, 4) is 0 Å². The van der Waals surface area contributed by atoms with E-state index in [2.05, 4.69) is 5.32 Å². The summed E-state index contributed by atoms with van der Waals surface area (Å²) in [6, 6.07) is 6.55. The van der Waals surface area contributed by atoms with Crippen LogP contribution in [0.2, 0.25) is 0 Å². The van der Waals surface area contributed by atoms with Crippen molar-refractivity contribution in [3.05, 3.63) is 30.1 Å². The molecule has 2 aliphatic rings. The summed E-state index contributed by atoms with van der Waals surface area (Å²) in [5.74, 6) is 0.219. The molecule has 0 spiro atoms. The van der Waals surface area contributed by atoms with Crippen molar-refractivity contribution >= 4 is 5.69 Å². The minimum absolute atomic E-state index is 0.108. The summed E-state index contributed by atoms with van der Waals surface area (Å²) in [5.41, 5.74) is 0.344. The van der Waals surface area contributed by atoms with Gasteiger partial charge in [-0.2, -0.15) is 0 Å². The lowest BCUT2D eigenvalue weighted by Crippen LogP contribution is -2.56. The molecule has 2 N–H and O–H groups in total. The number of fused-ring (bicyclic) bond motifs is 1. The van der Waals surface area contributed by atoms with Gasteiger partial charge in [-0.15, -0.1) is 0 Å². The van der Waals surface area contributed by atoms with Gasteiger partial charge in [0.05, 0.1) is 11.6 Å². The van der Waals surface area contributed by atoms with Crippen molar-refractivity contribution < 1.29 is 9.50 Å². The average Bonchev–Trinajstić information content (AvgIpc) is 2.42. The van der Waals surface area contributed by atoms with Gasteiger partial charge in [-0.05, 0) is 55.9 Å². The maximum atomic E-state index is 12.9. The van der Waals surface area contributed by atoms with Gasteiger partial charge in [0.1, 0.15) is 5.82 Å². The van der Waals surface area contributed by atoms with Gasteiger partial charge in [-0.25, -0.2) is 4.39 Å². The smallest absolute Gasteiger partial charge is 0.123 e. The summed E-state index contributed by atoms with van der Waals surface area (Å²) in [6.45, 7) is 0. The van der Waals surface area contributed by atoms with E-state index in [0.29, 0.717) is 5.92 Å². The summed E-state index contributed by atoms with van der Waals surface area (Å²) >= 11 is 0. The molecule has 1 aromatic rings. The third-order valence-electron chi connectivity index (χ3n) is 4.92. The number of halogens is 1. The van der Waals surface area contributed by atoms with Crippen molar-refractivity contribution in [2.45, 2.75) is 56.6 Å². The Balaban J connectivity index is 1.77. The Labute approximate surface area is 114 Å². The van der Waals surface area contributed by atoms with Crippen molar-refractivity contribution in [1.82, 2.24) is 0 Å². The molecule has 3 rings (SSSR count). The third kappa shape index (κ3) is 2.48. The number of anilines is 1. The summed E-state index contributed by atoms with van der Waals surface area (Å²) < 4.78 is 12.9. The zero-order valence-electron chi connectivity index (χ0n) is 11.2. The lowest BCUT2D eigenvalue weighted by Gasteiger charge is -2.49. The average molecular weight is 263 g/mol. The fourth-order valence-electron chi connectivity index (χ4n) is 3.87. The van der Waals surface area contributed by atoms with Gasteiger partial charge in [-0.1, -0.05) is 19.3 Å². The van der Waals surface area contributed by atoms with E-state index in [1.54, 1.807) is 12.1 Å². The van der Waals surface area contributed by atoms with Crippen LogP contribution < -0.4 is 5.32 Å². The minimum Gasteiger partial charge on any atom is -0.387 e. The SMILES string of the molecule is O[C@]12CCCC[C@@H]1CCC[C@@H]2Nc1ccc(F)cc1. The van der Waals surface area contributed by atoms with Gasteiger partial charge in [0.2, 0.25) is 0 Å². The van der Waals surface area contributed by atoms with Gasteiger partial charge >= 0.3 is 0 Å². The van der Waals surface area contributed by atoms with Crippen LogP contribution in [0.25, 0.3) is 0 Å². The van der Waals surface area contributed by atoms with Crippen LogP contribution in [0.5, 0.6) is 0 Å². The minimum atomic E-state index is -0.565. The fourth-order valence-corrected chi connectivity index (χ4v) is 3.87. The van der Waals surface area contributed by atoms with E-state index in [1.807, 2.05) is 0 Å². The number of benzene rings is 1. The number of rotatable bonds is 2. The molecular formula is C16H22FNO. The van der Waals surface area contributed by atoms with E-state index in [4.69, 9.17) is 0 Å². The number of hydrogen-bond acceptors (Lipinski definition) is 2. The van der Waals surface area contributed by atoms with Crippen LogP contribution in [0.4, 0.5) is 10.1 Å². The number of aliphatic hydroxyl groups is 1. The Kier molecular flexibility index (Phi) is 3.48. The summed E-state index contributed by atoms with van der Waals surface area (Å²) in [5, 5.41) is 14.5. The van der Waals surface area contributed by atoms with Crippen LogP contribution in [0, 0.1) is 11.7 Å². The molecule has 3 heteroatoms. The van der Waals surface area contributed by atoms with E-state index < -0.39 is 5.60 Å². The van der Waals surface area contributed by atoms with Crippen molar-refractivity contribution in [1.29, 1.82) is 0 Å². The molecule has 0 radical (unpaired) electrons. The first-order valence-corrected chi connectivity index (χ1v) is 7.43. The second-order valence-corrected chi connectivity index (χ2v) is 6.07. The maximum Gasteiger partial charge on any atom is 0.123 e. The third-order valence-corrected chi connectivity index (χ3v) is 4.92. The lowest BCUT2D eigenvalue weighted by molar-refractivity contribution is -0.0835. The molecule has 0 heterocycles. The second-order valence-electron chi connectivity index (χ2n) is 6.07. The normalized spacial score (nSPS) is 34.6. The predicted molar refractivity (Wildman–Crippen MR) is 74.6 cm³/mol. The zero-order chi connectivity index (χ0) is 13.3. The topological polar surface area (TPSA) is 32.3 Å². The highest BCUT2D eigenvalue weighted by atomic mass is 19.1. The Morgan fingerprint density at radius 1 is 1.05 bits per heavy atom. The molecule has 2 aliphatic carbocycles. The van der Waals surface area contributed by atoms with Gasteiger partial charge in [-0.3, -0.25) is 0 Å². The van der Waals surface area contributed by atoms with Gasteiger partial charge in [0.15, 0.2) is 0 Å². The summed E-state index contributed by atoms with van der Waals surface area (Å²) in [6.07, 6.45) is 7.74. The molecule has 19 heavy (non-hydrogen) atoms. The largest absolute Gasteiger partial charge is 0.387 e. The monoisotopic (exact) mass is 263 g/mol. The Bertz CT molecular complexity index is 431. The Morgan fingerprint density at radius 2 is 1.79 bits per heavy atom. The molecule has 0 saturated heterocycles. The maximum absolute atomic E-state index is 12.9. The summed E-state index contributed by atoms with van der Waals surface area (Å²) in [4.78, 5) is 0. The molecule has 0 bridgehead atoms. The molecule has 3 atom stereocenters. The van der Waals surface area contributed by atoms with Crippen LogP contribution in [-0.2, 0) is 0 Å². The van der Waals surface area contributed by atoms with Gasteiger partial charge in [0, 0.05) is 5.69 Å².